The average molecular weight is 2040 g/mol. The fraction of sp³-hybridized carbons (Fsp3) is 0.198. The van der Waals surface area contributed by atoms with Gasteiger partial charge in [-0.15, -0.1) is 0 Å². The number of anilines is 14. The smallest absolute Gasteiger partial charge is 0.327 e. The Bertz CT molecular complexity index is 6440. The fourth-order valence-corrected chi connectivity index (χ4v) is 15.8. The van der Waals surface area contributed by atoms with Gasteiger partial charge in [-0.25, -0.2) is 44.3 Å². The Morgan fingerprint density at radius 2 is 0.723 bits per heavy atom. The van der Waals surface area contributed by atoms with Gasteiger partial charge in [-0.3, -0.25) is 43.5 Å². The van der Waals surface area contributed by atoms with Crippen LogP contribution in [0.5, 0.6) is 34.5 Å². The molecule has 2 atom stereocenters. The number of aryl methyl sites for hydroxylation is 2. The van der Waals surface area contributed by atoms with Crippen molar-refractivity contribution >= 4 is 203 Å². The van der Waals surface area contributed by atoms with Gasteiger partial charge in [-0.2, -0.15) is 0 Å². The molecule has 34 nitrogen and oxygen atoms in total. The number of nitrogens with zero attached hydrogens (tertiary/aromatic N) is 9. The lowest BCUT2D eigenvalue weighted by Crippen LogP contribution is -2.40. The number of halogens is 6. The van der Waals surface area contributed by atoms with E-state index in [0.717, 1.165) is 27.8 Å². The molecule has 1 aliphatic rings. The lowest BCUT2D eigenvalue weighted by atomic mass is 9.90. The maximum atomic E-state index is 14.0. The van der Waals surface area contributed by atoms with Gasteiger partial charge in [0.05, 0.1) is 85.5 Å². The third-order valence-corrected chi connectivity index (χ3v) is 23.7. The molecule has 1 fully saturated rings. The molecular formula is C101H106Cl6N18O16. The molecule has 0 bridgehead atoms. The summed E-state index contributed by atoms with van der Waals surface area (Å²) in [6.45, 7) is 26.1. The number of urea groups is 3. The molecule has 9 amide bonds. The minimum atomic E-state index is -0.633. The van der Waals surface area contributed by atoms with Crippen molar-refractivity contribution in [3.63, 3.8) is 0 Å². The Morgan fingerprint density at radius 3 is 1.06 bits per heavy atom. The molecule has 1 aliphatic heterocycles. The number of methoxy groups -OCH3 is 6. The maximum absolute atomic E-state index is 14.0. The summed E-state index contributed by atoms with van der Waals surface area (Å²) in [5, 5.41) is 26.8. The van der Waals surface area contributed by atoms with E-state index in [1.54, 1.807) is 78.9 Å². The van der Waals surface area contributed by atoms with Gasteiger partial charge >= 0.3 is 18.1 Å². The third-order valence-electron chi connectivity index (χ3n) is 21.4. The van der Waals surface area contributed by atoms with Crippen LogP contribution in [0.3, 0.4) is 0 Å². The zero-order valence-corrected chi connectivity index (χ0v) is 82.4. The molecule has 0 aliphatic carbocycles. The molecule has 9 N–H and O–H groups in total. The number of aromatic nitrogens is 6. The van der Waals surface area contributed by atoms with Gasteiger partial charge in [0.1, 0.15) is 119 Å². The van der Waals surface area contributed by atoms with Crippen LogP contribution in [0.2, 0.25) is 30.1 Å². The molecule has 0 radical (unpaired) electrons. The van der Waals surface area contributed by atoms with Gasteiger partial charge in [0.2, 0.25) is 17.7 Å². The summed E-state index contributed by atoms with van der Waals surface area (Å²) in [6, 6.07) is 39.6. The topological polar surface area (TPSA) is 414 Å². The average Bonchev–Trinajstić information content (AvgIpc) is 0.798. The molecule has 0 spiro atoms. The van der Waals surface area contributed by atoms with E-state index in [1.165, 1.54) is 131 Å². The molecule has 738 valence electrons. The number of ether oxygens (including phenoxy) is 7. The molecule has 4 heterocycles. The lowest BCUT2D eigenvalue weighted by Gasteiger charge is -2.32. The van der Waals surface area contributed by atoms with Gasteiger partial charge in [-0.05, 0) is 144 Å². The summed E-state index contributed by atoms with van der Waals surface area (Å²) in [5.41, 5.74) is 8.95. The highest BCUT2D eigenvalue weighted by Gasteiger charge is 2.32. The monoisotopic (exact) mass is 2040 g/mol. The fourth-order valence-electron chi connectivity index (χ4n) is 14.0. The Balaban J connectivity index is 0.000000290. The number of benzene rings is 8. The molecule has 1 saturated heterocycles. The first-order chi connectivity index (χ1) is 67.8. The first-order valence-electron chi connectivity index (χ1n) is 42.9. The van der Waals surface area contributed by atoms with Crippen LogP contribution in [0.4, 0.5) is 94.8 Å². The molecule has 0 saturated carbocycles. The van der Waals surface area contributed by atoms with E-state index < -0.39 is 18.1 Å². The molecule has 12 rings (SSSR count). The molecular weight excluding hydrogens is 1930 g/mol. The Kier molecular flexibility index (Phi) is 40.0. The summed E-state index contributed by atoms with van der Waals surface area (Å²) >= 11 is 39.3. The van der Waals surface area contributed by atoms with Crippen LogP contribution in [0.25, 0.3) is 0 Å². The number of ketones is 3. The first-order valence-corrected chi connectivity index (χ1v) is 45.2. The van der Waals surface area contributed by atoms with Crippen molar-refractivity contribution in [1.29, 1.82) is 0 Å². The van der Waals surface area contributed by atoms with Gasteiger partial charge < -0.3 is 81.0 Å². The summed E-state index contributed by atoms with van der Waals surface area (Å²) in [4.78, 5) is 144. The highest BCUT2D eigenvalue weighted by molar-refractivity contribution is 6.43. The number of hydrogen-bond acceptors (Lipinski definition) is 25. The largest absolute Gasteiger partial charge is 0.495 e. The quantitative estimate of drug-likeness (QED) is 0.0161. The first kappa shape index (κ1) is 108. The molecule has 40 heteroatoms. The van der Waals surface area contributed by atoms with Crippen molar-refractivity contribution in [2.75, 3.05) is 125 Å². The second-order valence-electron chi connectivity index (χ2n) is 30.6. The zero-order chi connectivity index (χ0) is 102. The van der Waals surface area contributed by atoms with Gasteiger partial charge in [0.15, 0.2) is 17.3 Å². The van der Waals surface area contributed by atoms with Gasteiger partial charge in [0.25, 0.3) is 0 Å². The molecule has 141 heavy (non-hydrogen) atoms. The maximum Gasteiger partial charge on any atom is 0.327 e. The molecule has 11 aromatic rings. The third kappa shape index (κ3) is 29.3. The van der Waals surface area contributed by atoms with Crippen molar-refractivity contribution in [3.8, 4) is 34.5 Å². The number of carbonyl (C=O) groups excluding carboxylic acids is 9. The predicted octanol–water partition coefficient (Wildman–Crippen LogP) is 21.9. The number of nitrogens with one attached hydrogen (secondary N) is 9. The predicted molar refractivity (Wildman–Crippen MR) is 560 cm³/mol. The van der Waals surface area contributed by atoms with Gasteiger partial charge in [-0.1, -0.05) is 182 Å². The Labute approximate surface area is 848 Å². The van der Waals surface area contributed by atoms with Crippen LogP contribution in [0.15, 0.2) is 241 Å². The molecule has 8 aromatic carbocycles. The second kappa shape index (κ2) is 52.4. The highest BCUT2D eigenvalue weighted by Crippen LogP contribution is 2.48. The van der Waals surface area contributed by atoms with Crippen LogP contribution in [0.1, 0.15) is 56.1 Å². The Morgan fingerprint density at radius 1 is 0.397 bits per heavy atom. The molecule has 2 unspecified atom stereocenters. The van der Waals surface area contributed by atoms with E-state index in [2.05, 4.69) is 117 Å². The van der Waals surface area contributed by atoms with Crippen LogP contribution < -0.4 is 91.0 Å². The highest BCUT2D eigenvalue weighted by atomic mass is 35.5. The van der Waals surface area contributed by atoms with Crippen molar-refractivity contribution in [2.45, 2.75) is 65.1 Å². The number of allylic oxidation sites excluding steroid dienone is 3. The van der Waals surface area contributed by atoms with Crippen molar-refractivity contribution < 1.29 is 80.6 Å². The summed E-state index contributed by atoms with van der Waals surface area (Å²) in [5.74, 6) is 2.06. The summed E-state index contributed by atoms with van der Waals surface area (Å²) in [6.07, 6.45) is 13.1. The SMILES string of the molecule is C=CC(=O)CC1CCOCC1Nc1cc(N(Cc2ccc(NC(=O)C=C)cc2)C(=O)Nc2c(Cl)c(OC)cc(OC)c2Cl)ncn1.C=CC(=O)Cc1cccc(C)c1Nc1cc(N(CCc2ccc(NC(=O)C=C)cc2)C(=O)Nc2c(Cl)c(OC)cc(OC)c2Cl)ncn1.C=CC(=O)Cc1cccc(C)c1Nc1cc(N(Cc2ccc(NC(=O)C=C)cc2)C(=O)Nc2c(Cl)c(OC)cc(OC)c2Cl)ncn1.[HH].[HH].[HH]. The molecule has 3 aromatic heterocycles. The number of amides is 9. The van der Waals surface area contributed by atoms with E-state index >= 15 is 0 Å². The van der Waals surface area contributed by atoms with Crippen molar-refractivity contribution in [2.24, 2.45) is 5.92 Å². The zero-order valence-electron chi connectivity index (χ0n) is 77.8. The summed E-state index contributed by atoms with van der Waals surface area (Å²) in [7, 11) is 8.58. The lowest BCUT2D eigenvalue weighted by molar-refractivity contribution is -0.116. The van der Waals surface area contributed by atoms with Crippen LogP contribution in [-0.4, -0.2) is 152 Å². The summed E-state index contributed by atoms with van der Waals surface area (Å²) < 4.78 is 37.8. The second-order valence-corrected chi connectivity index (χ2v) is 32.9. The van der Waals surface area contributed by atoms with Crippen LogP contribution in [-0.2, 0) is 65.9 Å². The van der Waals surface area contributed by atoms with Crippen LogP contribution >= 0.6 is 69.6 Å². The normalized spacial score (nSPS) is 12.1. The number of carbonyl (C=O) groups is 9. The minimum absolute atomic E-state index is 0. The van der Waals surface area contributed by atoms with Gasteiger partial charge in [0, 0.05) is 102 Å². The van der Waals surface area contributed by atoms with E-state index in [4.69, 9.17) is 103 Å². The van der Waals surface area contributed by atoms with E-state index in [9.17, 15) is 43.2 Å². The Hall–Kier alpha value is -15.4. The van der Waals surface area contributed by atoms with E-state index in [1.807, 2.05) is 62.4 Å². The van der Waals surface area contributed by atoms with Crippen molar-refractivity contribution in [3.05, 3.63) is 310 Å². The number of hydrogen-bond donors (Lipinski definition) is 9. The number of para-hydroxylation sites is 2. The van der Waals surface area contributed by atoms with Crippen molar-refractivity contribution in [1.82, 2.24) is 29.9 Å². The van der Waals surface area contributed by atoms with E-state index in [-0.39, 0.29) is 183 Å². The standard InChI is InChI=1S/C35H34Cl2N6O5.C34H32Cl2N6O5.C32H34Cl2N6O6.3H2/c1-6-25(44)17-23-10-8-9-21(3)33(23)41-28-19-29(39-20-38-28)43(16-15-22-11-13-24(14-12-22)40-30(45)7-2)35(46)42-34-31(36)26(47-4)18-27(48-5)32(34)37;1-6-24(43)15-22-10-8-9-20(3)32(22)40-27-17-28(38-19-37-27)42(18-21-11-13-23(14-12-21)39-29(44)7-2)34(45)41-33-30(35)25(46-4)16-26(47-5)31(33)36;1-5-22(41)13-20-11-12-46-17-23(20)38-26-15-27(36-18-35-26)40(16-19-7-9-21(10-8-19)37-28(42)6-2)32(43)39-31-29(33)24(44-3)14-25(45-4)30(31)34;;;/h6-14,18-20H,1-2,15-17H2,3-5H3,(H,40,45)(H,42,46)(H,38,39,41);6-14,16-17,19H,1-2,15,18H2,3-5H3,(H,39,44)(H,41,45)(H,37,38,40);5-10,14-15,18,20,23H,1-2,11-13,16-17H2,3-4H3,(H,37,42)(H,39,43)(H,35,36,38);3*1H. The van der Waals surface area contributed by atoms with Crippen LogP contribution in [0, 0.1) is 19.8 Å². The van der Waals surface area contributed by atoms with E-state index in [0.29, 0.717) is 89.5 Å². The number of rotatable bonds is 40. The minimum Gasteiger partial charge on any atom is -0.495 e.